The molecular formula is C30H34F5N9O2. The molecule has 1 atom stereocenters. The summed E-state index contributed by atoms with van der Waals surface area (Å²) < 4.78 is 80.2. The average molecular weight is 648 g/mol. The molecule has 11 nitrogen and oxygen atoms in total. The fraction of sp³-hybridized carbons (Fsp3) is 0.567. The molecule has 0 spiro atoms. The highest BCUT2D eigenvalue weighted by Crippen LogP contribution is 2.30. The number of imidazole rings is 1. The standard InChI is InChI=1S/C30H34F5N9O2/c31-29(32)7-11-43(12-8-29)16-19-2-1-3-26(37-19)46-20-4-9-42(10-5-20)18-25-38-22-14-23(27-39-28(41-40-27)30(33,34)35)36-15-24(22)44(25)17-21-6-13-45-21/h1-3,14-15,20-21H,4-13,16-18H2,(H,39,40,41)/t21-/m0/s1. The van der Waals surface area contributed by atoms with Crippen LogP contribution in [0.4, 0.5) is 22.0 Å². The number of nitrogens with one attached hydrogen (secondary N) is 1. The Kier molecular flexibility index (Phi) is 8.35. The van der Waals surface area contributed by atoms with Crippen LogP contribution in [0.15, 0.2) is 30.5 Å². The zero-order valence-electron chi connectivity index (χ0n) is 25.0. The van der Waals surface area contributed by atoms with Gasteiger partial charge in [-0.05, 0) is 31.4 Å². The molecule has 7 heterocycles. The molecule has 3 saturated heterocycles. The van der Waals surface area contributed by atoms with Gasteiger partial charge in [0, 0.05) is 58.2 Å². The van der Waals surface area contributed by atoms with E-state index in [0.717, 1.165) is 49.4 Å². The van der Waals surface area contributed by atoms with E-state index in [1.54, 1.807) is 12.3 Å². The van der Waals surface area contributed by atoms with Gasteiger partial charge in [-0.2, -0.15) is 13.2 Å². The number of hydrogen-bond acceptors (Lipinski definition) is 9. The summed E-state index contributed by atoms with van der Waals surface area (Å²) in [6, 6.07) is 7.24. The molecule has 0 aromatic carbocycles. The van der Waals surface area contributed by atoms with E-state index < -0.39 is 17.9 Å². The Hall–Kier alpha value is -3.76. The van der Waals surface area contributed by atoms with E-state index in [1.807, 2.05) is 23.1 Å². The van der Waals surface area contributed by atoms with Crippen molar-refractivity contribution in [3.63, 3.8) is 0 Å². The number of nitrogens with zero attached hydrogens (tertiary/aromatic N) is 8. The lowest BCUT2D eigenvalue weighted by atomic mass is 10.1. The average Bonchev–Trinajstić information content (AvgIpc) is 3.63. The molecule has 0 saturated carbocycles. The molecule has 246 valence electrons. The molecule has 16 heteroatoms. The van der Waals surface area contributed by atoms with E-state index in [-0.39, 0.29) is 36.6 Å². The molecular weight excluding hydrogens is 613 g/mol. The topological polar surface area (TPSA) is 110 Å². The minimum absolute atomic E-state index is 0.00914. The predicted molar refractivity (Wildman–Crippen MR) is 155 cm³/mol. The molecule has 3 aliphatic rings. The van der Waals surface area contributed by atoms with Crippen LogP contribution >= 0.6 is 0 Å². The van der Waals surface area contributed by atoms with Crippen LogP contribution in [0.3, 0.4) is 0 Å². The van der Waals surface area contributed by atoms with E-state index in [9.17, 15) is 22.0 Å². The minimum Gasteiger partial charge on any atom is -0.474 e. The van der Waals surface area contributed by atoms with E-state index in [0.29, 0.717) is 50.7 Å². The van der Waals surface area contributed by atoms with Crippen LogP contribution in [0.25, 0.3) is 22.6 Å². The second-order valence-electron chi connectivity index (χ2n) is 12.2. The molecule has 3 fully saturated rings. The maximum Gasteiger partial charge on any atom is 0.451 e. The summed E-state index contributed by atoms with van der Waals surface area (Å²) in [6.07, 6.45) is -0.702. The third-order valence-corrected chi connectivity index (χ3v) is 8.83. The molecule has 0 bridgehead atoms. The zero-order chi connectivity index (χ0) is 31.9. The number of hydrogen-bond donors (Lipinski definition) is 1. The SMILES string of the molecule is FC1(F)CCN(Cc2cccc(OC3CCN(Cc4nc5cc(-c6nnc(C(F)(F)F)[nH]6)ncc5n4C[C@@H]4CCO4)CC3)n2)CC1. The largest absolute Gasteiger partial charge is 0.474 e. The number of halogens is 5. The Labute approximate surface area is 261 Å². The van der Waals surface area contributed by atoms with Gasteiger partial charge in [-0.25, -0.2) is 18.7 Å². The van der Waals surface area contributed by atoms with Crippen molar-refractivity contribution in [3.05, 3.63) is 47.8 Å². The van der Waals surface area contributed by atoms with E-state index in [4.69, 9.17) is 14.5 Å². The first kappa shape index (κ1) is 30.9. The second-order valence-corrected chi connectivity index (χ2v) is 12.2. The van der Waals surface area contributed by atoms with Gasteiger partial charge >= 0.3 is 6.18 Å². The molecule has 46 heavy (non-hydrogen) atoms. The van der Waals surface area contributed by atoms with Crippen molar-refractivity contribution in [1.82, 2.24) is 44.5 Å². The summed E-state index contributed by atoms with van der Waals surface area (Å²) in [7, 11) is 0. The summed E-state index contributed by atoms with van der Waals surface area (Å²) in [5.74, 6) is -2.47. The van der Waals surface area contributed by atoms with Crippen molar-refractivity contribution in [2.45, 2.75) is 76.0 Å². The molecule has 1 N–H and O–H groups in total. The molecule has 4 aromatic heterocycles. The van der Waals surface area contributed by atoms with Crippen LogP contribution in [-0.4, -0.2) is 95.4 Å². The predicted octanol–water partition coefficient (Wildman–Crippen LogP) is 4.69. The number of ether oxygens (including phenoxy) is 2. The molecule has 0 radical (unpaired) electrons. The Morgan fingerprint density at radius 3 is 2.43 bits per heavy atom. The minimum atomic E-state index is -4.64. The summed E-state index contributed by atoms with van der Waals surface area (Å²) >= 11 is 0. The smallest absolute Gasteiger partial charge is 0.451 e. The van der Waals surface area contributed by atoms with Crippen LogP contribution in [0.1, 0.15) is 49.4 Å². The third-order valence-electron chi connectivity index (χ3n) is 8.83. The van der Waals surface area contributed by atoms with Gasteiger partial charge in [0.1, 0.15) is 17.6 Å². The molecule has 0 unspecified atom stereocenters. The maximum absolute atomic E-state index is 13.5. The molecule has 0 amide bonds. The summed E-state index contributed by atoms with van der Waals surface area (Å²) in [6.45, 7) is 4.66. The summed E-state index contributed by atoms with van der Waals surface area (Å²) in [5.41, 5.74) is 2.40. The molecule has 7 rings (SSSR count). The highest BCUT2D eigenvalue weighted by molar-refractivity contribution is 5.78. The fourth-order valence-electron chi connectivity index (χ4n) is 6.10. The number of aromatic nitrogens is 7. The number of fused-ring (bicyclic) bond motifs is 1. The summed E-state index contributed by atoms with van der Waals surface area (Å²) in [5, 5.41) is 6.84. The van der Waals surface area contributed by atoms with Gasteiger partial charge in [-0.3, -0.25) is 14.8 Å². The number of alkyl halides is 5. The Bertz CT molecular complexity index is 1650. The normalized spacial score (nSPS) is 21.5. The first-order valence-electron chi connectivity index (χ1n) is 15.5. The molecule has 4 aromatic rings. The van der Waals surface area contributed by atoms with Gasteiger partial charge in [-0.15, -0.1) is 10.2 Å². The third kappa shape index (κ3) is 6.98. The fourth-order valence-corrected chi connectivity index (χ4v) is 6.10. The first-order valence-corrected chi connectivity index (χ1v) is 15.5. The monoisotopic (exact) mass is 647 g/mol. The number of H-pyrrole nitrogens is 1. The number of rotatable bonds is 9. The van der Waals surface area contributed by atoms with E-state index >= 15 is 0 Å². The Morgan fingerprint density at radius 1 is 0.978 bits per heavy atom. The van der Waals surface area contributed by atoms with Gasteiger partial charge in [0.05, 0.1) is 42.1 Å². The zero-order valence-corrected chi connectivity index (χ0v) is 25.0. The quantitative estimate of drug-likeness (QED) is 0.259. The Balaban J connectivity index is 0.992. The van der Waals surface area contributed by atoms with Crippen molar-refractivity contribution in [1.29, 1.82) is 0 Å². The lowest BCUT2D eigenvalue weighted by molar-refractivity contribution is -0.144. The van der Waals surface area contributed by atoms with Gasteiger partial charge in [0.2, 0.25) is 11.7 Å². The number of aromatic amines is 1. The maximum atomic E-state index is 13.5. The van der Waals surface area contributed by atoms with Gasteiger partial charge in [0.25, 0.3) is 5.92 Å². The second kappa shape index (κ2) is 12.4. The van der Waals surface area contributed by atoms with Gasteiger partial charge in [0.15, 0.2) is 5.82 Å². The summed E-state index contributed by atoms with van der Waals surface area (Å²) in [4.78, 5) is 20.4. The first-order chi connectivity index (χ1) is 22.1. The van der Waals surface area contributed by atoms with Crippen molar-refractivity contribution in [3.8, 4) is 17.4 Å². The Morgan fingerprint density at radius 2 is 1.74 bits per heavy atom. The lowest BCUT2D eigenvalue weighted by Gasteiger charge is -2.33. The number of pyridine rings is 2. The molecule has 0 aliphatic carbocycles. The highest BCUT2D eigenvalue weighted by atomic mass is 19.4. The van der Waals surface area contributed by atoms with Gasteiger partial charge < -0.3 is 19.0 Å². The van der Waals surface area contributed by atoms with Crippen LogP contribution in [0.2, 0.25) is 0 Å². The lowest BCUT2D eigenvalue weighted by Crippen LogP contribution is -2.39. The van der Waals surface area contributed by atoms with Crippen LogP contribution in [0.5, 0.6) is 5.88 Å². The van der Waals surface area contributed by atoms with Crippen molar-refractivity contribution >= 4 is 11.0 Å². The van der Waals surface area contributed by atoms with Crippen LogP contribution in [0, 0.1) is 0 Å². The van der Waals surface area contributed by atoms with Crippen molar-refractivity contribution < 1.29 is 31.4 Å². The van der Waals surface area contributed by atoms with Crippen molar-refractivity contribution in [2.75, 3.05) is 32.8 Å². The number of piperidine rings is 2. The van der Waals surface area contributed by atoms with Crippen LogP contribution in [-0.2, 0) is 30.5 Å². The van der Waals surface area contributed by atoms with Crippen LogP contribution < -0.4 is 4.74 Å². The van der Waals surface area contributed by atoms with Crippen molar-refractivity contribution in [2.24, 2.45) is 0 Å². The van der Waals surface area contributed by atoms with Gasteiger partial charge in [-0.1, -0.05) is 6.07 Å². The number of likely N-dealkylation sites (tertiary alicyclic amines) is 2. The highest BCUT2D eigenvalue weighted by Gasteiger charge is 2.36. The molecule has 3 aliphatic heterocycles. The van der Waals surface area contributed by atoms with E-state index in [2.05, 4.69) is 34.6 Å². The van der Waals surface area contributed by atoms with E-state index in [1.165, 1.54) is 0 Å².